The van der Waals surface area contributed by atoms with Crippen LogP contribution in [0, 0.1) is 5.82 Å². The first-order chi connectivity index (χ1) is 16.4. The summed E-state index contributed by atoms with van der Waals surface area (Å²) in [6, 6.07) is 10.6. The first-order valence-corrected chi connectivity index (χ1v) is 11.5. The molecule has 9 heteroatoms. The van der Waals surface area contributed by atoms with Crippen molar-refractivity contribution in [3.8, 4) is 11.5 Å². The highest BCUT2D eigenvalue weighted by Crippen LogP contribution is 2.34. The highest BCUT2D eigenvalue weighted by atomic mass is 32.1. The number of methoxy groups -OCH3 is 2. The van der Waals surface area contributed by atoms with Gasteiger partial charge in [-0.15, -0.1) is 0 Å². The lowest BCUT2D eigenvalue weighted by atomic mass is 9.94. The van der Waals surface area contributed by atoms with Gasteiger partial charge in [0.2, 0.25) is 0 Å². The Morgan fingerprint density at radius 1 is 1.18 bits per heavy atom. The van der Waals surface area contributed by atoms with Crippen molar-refractivity contribution < 1.29 is 23.4 Å². The molecular formula is C25H30FN3O4S. The molecule has 7 nitrogen and oxygen atoms in total. The molecule has 0 fully saturated rings. The van der Waals surface area contributed by atoms with Gasteiger partial charge in [-0.1, -0.05) is 12.1 Å². The van der Waals surface area contributed by atoms with Crippen LogP contribution in [0.2, 0.25) is 0 Å². The minimum Gasteiger partial charge on any atom is -0.497 e. The number of nitrogens with one attached hydrogen (secondary N) is 2. The molecule has 0 saturated carbocycles. The Bertz CT molecular complexity index is 1060. The lowest BCUT2D eigenvalue weighted by Gasteiger charge is -2.38. The molecule has 0 bridgehead atoms. The van der Waals surface area contributed by atoms with E-state index in [-0.39, 0.29) is 11.7 Å². The zero-order chi connectivity index (χ0) is 24.7. The van der Waals surface area contributed by atoms with E-state index in [1.54, 1.807) is 37.4 Å². The number of allylic oxidation sites excluding steroid dienone is 1. The third-order valence-corrected chi connectivity index (χ3v) is 5.91. The summed E-state index contributed by atoms with van der Waals surface area (Å²) in [6.45, 7) is 5.64. The van der Waals surface area contributed by atoms with Crippen LogP contribution in [0.4, 0.5) is 10.1 Å². The fourth-order valence-corrected chi connectivity index (χ4v) is 4.16. The predicted molar refractivity (Wildman–Crippen MR) is 134 cm³/mol. The van der Waals surface area contributed by atoms with Crippen molar-refractivity contribution in [2.24, 2.45) is 0 Å². The monoisotopic (exact) mass is 487 g/mol. The maximum absolute atomic E-state index is 13.6. The van der Waals surface area contributed by atoms with Crippen molar-refractivity contribution in [1.82, 2.24) is 10.2 Å². The molecule has 1 atom stereocenters. The minimum absolute atomic E-state index is 0.319. The summed E-state index contributed by atoms with van der Waals surface area (Å²) in [5, 5.41) is 6.71. The Labute approximate surface area is 204 Å². The van der Waals surface area contributed by atoms with Gasteiger partial charge in [0.1, 0.15) is 17.3 Å². The Morgan fingerprint density at radius 3 is 2.56 bits per heavy atom. The summed E-state index contributed by atoms with van der Waals surface area (Å²) in [7, 11) is 3.09. The van der Waals surface area contributed by atoms with Gasteiger partial charge in [0.05, 0.1) is 31.5 Å². The van der Waals surface area contributed by atoms with Crippen molar-refractivity contribution in [3.63, 3.8) is 0 Å². The molecule has 0 radical (unpaired) electrons. The lowest BCUT2D eigenvalue weighted by Crippen LogP contribution is -2.48. The zero-order valence-electron chi connectivity index (χ0n) is 19.8. The number of amides is 1. The van der Waals surface area contributed by atoms with Gasteiger partial charge < -0.3 is 29.7 Å². The summed E-state index contributed by atoms with van der Waals surface area (Å²) < 4.78 is 29.7. The minimum atomic E-state index is -0.541. The fraction of sp³-hybridized carbons (Fsp3) is 0.360. The molecule has 2 N–H and O–H groups in total. The van der Waals surface area contributed by atoms with Crippen molar-refractivity contribution in [3.05, 3.63) is 65.1 Å². The lowest BCUT2D eigenvalue weighted by molar-refractivity contribution is -0.113. The number of thiocarbonyl (C=S) groups is 1. The molecule has 1 aliphatic heterocycles. The molecule has 0 spiro atoms. The second-order valence-electron chi connectivity index (χ2n) is 7.66. The fourth-order valence-electron chi connectivity index (χ4n) is 3.81. The number of rotatable bonds is 10. The number of hydrogen-bond donors (Lipinski definition) is 2. The van der Waals surface area contributed by atoms with Crippen molar-refractivity contribution in [2.45, 2.75) is 26.3 Å². The van der Waals surface area contributed by atoms with Gasteiger partial charge in [0.15, 0.2) is 5.11 Å². The summed E-state index contributed by atoms with van der Waals surface area (Å²) in [5.74, 6) is 0.409. The quantitative estimate of drug-likeness (QED) is 0.380. The SMILES string of the molecule is CCOCCCN1C(=S)NC(c2ccc(F)cc2)C(C(=O)Nc2ccc(OC)cc2OC)=C1C. The number of anilines is 1. The van der Waals surface area contributed by atoms with E-state index in [0.29, 0.717) is 47.6 Å². The third kappa shape index (κ3) is 5.84. The average molecular weight is 488 g/mol. The number of carbonyl (C=O) groups excluding carboxylic acids is 1. The Kier molecular flexibility index (Phi) is 8.84. The Morgan fingerprint density at radius 2 is 1.91 bits per heavy atom. The van der Waals surface area contributed by atoms with Crippen LogP contribution < -0.4 is 20.1 Å². The molecule has 1 heterocycles. The largest absolute Gasteiger partial charge is 0.497 e. The molecule has 0 saturated heterocycles. The standard InChI is InChI=1S/C25H30FN3O4S/c1-5-33-14-6-13-29-16(2)22(23(28-25(29)34)17-7-9-18(26)10-8-17)24(30)27-20-12-11-19(31-3)15-21(20)32-4/h7-12,15,23H,5-6,13-14H2,1-4H3,(H,27,30)(H,28,34). The van der Waals surface area contributed by atoms with E-state index >= 15 is 0 Å². The summed E-state index contributed by atoms with van der Waals surface area (Å²) in [5.41, 5.74) is 2.43. The first-order valence-electron chi connectivity index (χ1n) is 11.0. The normalized spacial score (nSPS) is 15.7. The first kappa shape index (κ1) is 25.5. The van der Waals surface area contributed by atoms with Gasteiger partial charge in [0.25, 0.3) is 5.91 Å². The van der Waals surface area contributed by atoms with E-state index in [2.05, 4.69) is 10.6 Å². The summed E-state index contributed by atoms with van der Waals surface area (Å²) in [4.78, 5) is 15.5. The molecular weight excluding hydrogens is 457 g/mol. The van der Waals surface area contributed by atoms with Gasteiger partial charge >= 0.3 is 0 Å². The highest BCUT2D eigenvalue weighted by Gasteiger charge is 2.34. The van der Waals surface area contributed by atoms with Crippen LogP contribution in [-0.4, -0.2) is 49.9 Å². The van der Waals surface area contributed by atoms with E-state index in [1.165, 1.54) is 19.2 Å². The molecule has 2 aromatic rings. The van der Waals surface area contributed by atoms with Crippen molar-refractivity contribution in [1.29, 1.82) is 0 Å². The number of carbonyl (C=O) groups is 1. The summed E-state index contributed by atoms with van der Waals surface area (Å²) >= 11 is 5.62. The molecule has 3 rings (SSSR count). The second kappa shape index (κ2) is 11.8. The number of ether oxygens (including phenoxy) is 3. The smallest absolute Gasteiger partial charge is 0.255 e. The molecule has 0 aromatic heterocycles. The predicted octanol–water partition coefficient (Wildman–Crippen LogP) is 4.41. The van der Waals surface area contributed by atoms with Crippen LogP contribution in [0.3, 0.4) is 0 Å². The maximum atomic E-state index is 13.6. The van der Waals surface area contributed by atoms with Gasteiger partial charge in [-0.25, -0.2) is 4.39 Å². The van der Waals surface area contributed by atoms with E-state index in [0.717, 1.165) is 17.7 Å². The zero-order valence-corrected chi connectivity index (χ0v) is 20.6. The molecule has 182 valence electrons. The van der Waals surface area contributed by atoms with Crippen LogP contribution >= 0.6 is 12.2 Å². The van der Waals surface area contributed by atoms with Gasteiger partial charge in [0, 0.05) is 31.5 Å². The van der Waals surface area contributed by atoms with Crippen molar-refractivity contribution >= 4 is 28.9 Å². The molecule has 2 aromatic carbocycles. The highest BCUT2D eigenvalue weighted by molar-refractivity contribution is 7.80. The van der Waals surface area contributed by atoms with E-state index in [9.17, 15) is 9.18 Å². The number of hydrogen-bond acceptors (Lipinski definition) is 5. The maximum Gasteiger partial charge on any atom is 0.255 e. The molecule has 1 unspecified atom stereocenters. The number of benzene rings is 2. The van der Waals surface area contributed by atoms with Crippen molar-refractivity contribution in [2.75, 3.05) is 39.3 Å². The van der Waals surface area contributed by atoms with Gasteiger partial charge in [-0.2, -0.15) is 0 Å². The molecule has 1 aliphatic rings. The molecule has 0 aliphatic carbocycles. The number of nitrogens with zero attached hydrogens (tertiary/aromatic N) is 1. The average Bonchev–Trinajstić information content (AvgIpc) is 2.83. The Balaban J connectivity index is 1.97. The van der Waals surface area contributed by atoms with E-state index in [4.69, 9.17) is 26.4 Å². The van der Waals surface area contributed by atoms with Gasteiger partial charge in [-0.05, 0) is 62.3 Å². The number of halogens is 1. The van der Waals surface area contributed by atoms with Gasteiger partial charge in [-0.3, -0.25) is 4.79 Å². The molecule has 34 heavy (non-hydrogen) atoms. The second-order valence-corrected chi connectivity index (χ2v) is 8.04. The van der Waals surface area contributed by atoms with Crippen LogP contribution in [0.1, 0.15) is 31.9 Å². The summed E-state index contributed by atoms with van der Waals surface area (Å²) in [6.07, 6.45) is 0.745. The van der Waals surface area contributed by atoms with Crippen LogP contribution in [-0.2, 0) is 9.53 Å². The van der Waals surface area contributed by atoms with E-state index in [1.807, 2.05) is 18.7 Å². The van der Waals surface area contributed by atoms with Crippen LogP contribution in [0.25, 0.3) is 0 Å². The topological polar surface area (TPSA) is 72.1 Å². The van der Waals surface area contributed by atoms with E-state index < -0.39 is 6.04 Å². The molecule has 1 amide bonds. The van der Waals surface area contributed by atoms with Crippen LogP contribution in [0.15, 0.2) is 53.7 Å². The van der Waals surface area contributed by atoms with Crippen LogP contribution in [0.5, 0.6) is 11.5 Å². The Hall–Kier alpha value is -3.17. The third-order valence-electron chi connectivity index (χ3n) is 5.58.